The largest absolute Gasteiger partial charge is 0.480 e. The van der Waals surface area contributed by atoms with Gasteiger partial charge in [-0.15, -0.1) is 0 Å². The average molecular weight is 241 g/mol. The second-order valence-corrected chi connectivity index (χ2v) is 3.80. The summed E-state index contributed by atoms with van der Waals surface area (Å²) in [5, 5.41) is 8.91. The van der Waals surface area contributed by atoms with E-state index in [1.54, 1.807) is 13.4 Å². The summed E-state index contributed by atoms with van der Waals surface area (Å²) in [6.45, 7) is 3.07. The van der Waals surface area contributed by atoms with Crippen molar-refractivity contribution in [2.45, 2.75) is 19.4 Å². The summed E-state index contributed by atoms with van der Waals surface area (Å²) in [4.78, 5) is 12.7. The van der Waals surface area contributed by atoms with Gasteiger partial charge in [0.25, 0.3) is 0 Å². The van der Waals surface area contributed by atoms with Crippen LogP contribution in [0.3, 0.4) is 0 Å². The number of hydrogen-bond donors (Lipinski definition) is 1. The zero-order valence-electron chi connectivity index (χ0n) is 10.3. The SMILES string of the molecule is CCC(c1ccco1)N(CCOC)CC(=O)O. The van der Waals surface area contributed by atoms with E-state index < -0.39 is 5.97 Å². The lowest BCUT2D eigenvalue weighted by atomic mass is 10.1. The highest BCUT2D eigenvalue weighted by Crippen LogP contribution is 2.24. The standard InChI is InChI=1S/C12H19NO4/c1-3-10(11-5-4-7-17-11)13(6-8-16-2)9-12(14)15/h4-5,7,10H,3,6,8-9H2,1-2H3,(H,14,15). The van der Waals surface area contributed by atoms with Crippen molar-refractivity contribution in [3.05, 3.63) is 24.2 Å². The van der Waals surface area contributed by atoms with Crippen molar-refractivity contribution in [3.8, 4) is 0 Å². The first-order valence-electron chi connectivity index (χ1n) is 5.67. The Labute approximate surface area is 101 Å². The van der Waals surface area contributed by atoms with Crippen molar-refractivity contribution in [2.75, 3.05) is 26.8 Å². The second-order valence-electron chi connectivity index (χ2n) is 3.80. The summed E-state index contributed by atoms with van der Waals surface area (Å²) >= 11 is 0. The van der Waals surface area contributed by atoms with Gasteiger partial charge in [0.1, 0.15) is 5.76 Å². The predicted octanol–water partition coefficient (Wildman–Crippen LogP) is 1.76. The summed E-state index contributed by atoms with van der Waals surface area (Å²) in [6, 6.07) is 3.67. The molecule has 0 amide bonds. The van der Waals surface area contributed by atoms with Crippen LogP contribution >= 0.6 is 0 Å². The van der Waals surface area contributed by atoms with Crippen LogP contribution in [-0.2, 0) is 9.53 Å². The molecule has 0 aliphatic rings. The molecule has 0 saturated heterocycles. The van der Waals surface area contributed by atoms with Gasteiger partial charge in [0.2, 0.25) is 0 Å². The van der Waals surface area contributed by atoms with E-state index in [1.165, 1.54) is 0 Å². The van der Waals surface area contributed by atoms with Crippen molar-refractivity contribution in [2.24, 2.45) is 0 Å². The Kier molecular flexibility index (Phi) is 5.72. The topological polar surface area (TPSA) is 62.9 Å². The Morgan fingerprint density at radius 1 is 1.65 bits per heavy atom. The van der Waals surface area contributed by atoms with Crippen molar-refractivity contribution in [3.63, 3.8) is 0 Å². The lowest BCUT2D eigenvalue weighted by Gasteiger charge is -2.27. The number of rotatable bonds is 8. The maximum Gasteiger partial charge on any atom is 0.317 e. The van der Waals surface area contributed by atoms with E-state index in [1.807, 2.05) is 24.0 Å². The number of carboxylic acid groups (broad SMARTS) is 1. The number of furan rings is 1. The van der Waals surface area contributed by atoms with Crippen LogP contribution in [0, 0.1) is 0 Å². The van der Waals surface area contributed by atoms with Crippen LogP contribution in [0.1, 0.15) is 25.1 Å². The Morgan fingerprint density at radius 2 is 2.41 bits per heavy atom. The van der Waals surface area contributed by atoms with Gasteiger partial charge < -0.3 is 14.3 Å². The molecule has 0 fully saturated rings. The van der Waals surface area contributed by atoms with Crippen molar-refractivity contribution in [1.82, 2.24) is 4.90 Å². The van der Waals surface area contributed by atoms with Crippen LogP contribution in [0.15, 0.2) is 22.8 Å². The first kappa shape index (κ1) is 13.7. The highest BCUT2D eigenvalue weighted by molar-refractivity contribution is 5.69. The van der Waals surface area contributed by atoms with Gasteiger partial charge in [-0.2, -0.15) is 0 Å². The van der Waals surface area contributed by atoms with Gasteiger partial charge >= 0.3 is 5.97 Å². The average Bonchev–Trinajstić information content (AvgIpc) is 2.79. The molecule has 0 aliphatic heterocycles. The van der Waals surface area contributed by atoms with Crippen molar-refractivity contribution < 1.29 is 19.1 Å². The lowest BCUT2D eigenvalue weighted by Crippen LogP contribution is -2.35. The highest BCUT2D eigenvalue weighted by Gasteiger charge is 2.22. The fraction of sp³-hybridized carbons (Fsp3) is 0.583. The first-order chi connectivity index (χ1) is 8.19. The van der Waals surface area contributed by atoms with E-state index in [2.05, 4.69) is 0 Å². The summed E-state index contributed by atoms with van der Waals surface area (Å²) in [5.74, 6) is -0.0454. The molecule has 0 radical (unpaired) electrons. The van der Waals surface area contributed by atoms with Crippen LogP contribution in [0.4, 0.5) is 0 Å². The van der Waals surface area contributed by atoms with E-state index in [0.717, 1.165) is 12.2 Å². The third-order valence-electron chi connectivity index (χ3n) is 2.62. The molecule has 0 bridgehead atoms. The molecule has 1 unspecified atom stereocenters. The summed E-state index contributed by atoms with van der Waals surface area (Å²) in [5.41, 5.74) is 0. The number of carbonyl (C=O) groups is 1. The number of nitrogens with zero attached hydrogens (tertiary/aromatic N) is 1. The maximum absolute atomic E-state index is 10.8. The Bertz CT molecular complexity index is 323. The molecule has 1 aromatic rings. The van der Waals surface area contributed by atoms with Crippen molar-refractivity contribution in [1.29, 1.82) is 0 Å². The quantitative estimate of drug-likeness (QED) is 0.751. The molecule has 1 atom stereocenters. The smallest absolute Gasteiger partial charge is 0.317 e. The van der Waals surface area contributed by atoms with Crippen LogP contribution in [0.25, 0.3) is 0 Å². The molecule has 96 valence electrons. The predicted molar refractivity (Wildman–Crippen MR) is 62.8 cm³/mol. The zero-order chi connectivity index (χ0) is 12.7. The minimum Gasteiger partial charge on any atom is -0.480 e. The third kappa shape index (κ3) is 4.20. The van der Waals surface area contributed by atoms with Crippen LogP contribution in [0.5, 0.6) is 0 Å². The van der Waals surface area contributed by atoms with Crippen LogP contribution in [0.2, 0.25) is 0 Å². The second kappa shape index (κ2) is 7.09. The monoisotopic (exact) mass is 241 g/mol. The fourth-order valence-corrected chi connectivity index (χ4v) is 1.85. The molecule has 5 nitrogen and oxygen atoms in total. The van der Waals surface area contributed by atoms with E-state index in [9.17, 15) is 4.79 Å². The van der Waals surface area contributed by atoms with Gasteiger partial charge in [0.05, 0.1) is 25.5 Å². The molecule has 5 heteroatoms. The Hall–Kier alpha value is -1.33. The third-order valence-corrected chi connectivity index (χ3v) is 2.62. The van der Waals surface area contributed by atoms with Crippen LogP contribution in [-0.4, -0.2) is 42.8 Å². The summed E-state index contributed by atoms with van der Waals surface area (Å²) in [7, 11) is 1.60. The highest BCUT2D eigenvalue weighted by atomic mass is 16.5. The lowest BCUT2D eigenvalue weighted by molar-refractivity contribution is -0.139. The van der Waals surface area contributed by atoms with Crippen LogP contribution < -0.4 is 0 Å². The molecule has 0 spiro atoms. The molecule has 0 aromatic carbocycles. The normalized spacial score (nSPS) is 12.9. The molecule has 0 saturated carbocycles. The van der Waals surface area contributed by atoms with Gasteiger partial charge in [0.15, 0.2) is 0 Å². The maximum atomic E-state index is 10.8. The molecule has 0 aliphatic carbocycles. The Balaban J connectivity index is 2.74. The minimum atomic E-state index is -0.842. The molecule has 1 heterocycles. The molecular formula is C12H19NO4. The summed E-state index contributed by atoms with van der Waals surface area (Å²) in [6.07, 6.45) is 2.40. The van der Waals surface area contributed by atoms with E-state index in [0.29, 0.717) is 13.2 Å². The van der Waals surface area contributed by atoms with Gasteiger partial charge in [0, 0.05) is 13.7 Å². The van der Waals surface area contributed by atoms with Crippen molar-refractivity contribution >= 4 is 5.97 Å². The van der Waals surface area contributed by atoms with Gasteiger partial charge in [-0.3, -0.25) is 9.69 Å². The molecule has 17 heavy (non-hydrogen) atoms. The number of aliphatic carboxylic acids is 1. The number of ether oxygens (including phenoxy) is 1. The van der Waals surface area contributed by atoms with Gasteiger partial charge in [-0.1, -0.05) is 6.92 Å². The van der Waals surface area contributed by atoms with E-state index in [4.69, 9.17) is 14.3 Å². The minimum absolute atomic E-state index is 0.0113. The van der Waals surface area contributed by atoms with E-state index in [-0.39, 0.29) is 12.6 Å². The summed E-state index contributed by atoms with van der Waals surface area (Å²) < 4.78 is 10.4. The molecule has 1 aromatic heterocycles. The zero-order valence-corrected chi connectivity index (χ0v) is 10.3. The number of hydrogen-bond acceptors (Lipinski definition) is 4. The molecular weight excluding hydrogens is 222 g/mol. The van der Waals surface area contributed by atoms with Gasteiger partial charge in [-0.25, -0.2) is 0 Å². The van der Waals surface area contributed by atoms with Gasteiger partial charge in [-0.05, 0) is 18.6 Å². The number of carboxylic acids is 1. The number of methoxy groups -OCH3 is 1. The molecule has 1 N–H and O–H groups in total. The molecule has 1 rings (SSSR count). The first-order valence-corrected chi connectivity index (χ1v) is 5.67. The van der Waals surface area contributed by atoms with E-state index >= 15 is 0 Å². The fourth-order valence-electron chi connectivity index (χ4n) is 1.85. The Morgan fingerprint density at radius 3 is 2.88 bits per heavy atom.